The minimum Gasteiger partial charge on any atom is -0.497 e. The molecule has 0 aliphatic carbocycles. The highest BCUT2D eigenvalue weighted by Crippen LogP contribution is 2.16. The zero-order chi connectivity index (χ0) is 15.4. The van der Waals surface area contributed by atoms with Gasteiger partial charge in [-0.2, -0.15) is 0 Å². The lowest BCUT2D eigenvalue weighted by atomic mass is 10.3. The van der Waals surface area contributed by atoms with Gasteiger partial charge in [-0.15, -0.1) is 0 Å². The number of amides is 1. The van der Waals surface area contributed by atoms with Crippen molar-refractivity contribution in [3.8, 4) is 5.75 Å². The number of benzene rings is 1. The number of carboxylic acids is 1. The van der Waals surface area contributed by atoms with Crippen molar-refractivity contribution >= 4 is 17.6 Å². The van der Waals surface area contributed by atoms with E-state index in [9.17, 15) is 9.59 Å². The summed E-state index contributed by atoms with van der Waals surface area (Å²) in [7, 11) is 1.54. The predicted molar refractivity (Wildman–Crippen MR) is 75.5 cm³/mol. The van der Waals surface area contributed by atoms with Gasteiger partial charge in [0.1, 0.15) is 23.8 Å². The molecule has 0 atom stereocenters. The van der Waals surface area contributed by atoms with Gasteiger partial charge in [-0.25, -0.2) is 9.78 Å². The van der Waals surface area contributed by atoms with Gasteiger partial charge in [-0.1, -0.05) is 6.07 Å². The normalized spacial score (nSPS) is 10.2. The molecule has 110 valence electrons. The SMILES string of the molecule is COc1cccc(NC(=O)Cn2c(C(=O)O)cnc2C)c1. The van der Waals surface area contributed by atoms with E-state index in [1.165, 1.54) is 17.9 Å². The van der Waals surface area contributed by atoms with E-state index >= 15 is 0 Å². The number of aryl methyl sites for hydroxylation is 1. The first-order valence-electron chi connectivity index (χ1n) is 6.20. The summed E-state index contributed by atoms with van der Waals surface area (Å²) in [6, 6.07) is 6.91. The van der Waals surface area contributed by atoms with Crippen molar-refractivity contribution in [2.45, 2.75) is 13.5 Å². The lowest BCUT2D eigenvalue weighted by Crippen LogP contribution is -2.22. The third kappa shape index (κ3) is 3.38. The summed E-state index contributed by atoms with van der Waals surface area (Å²) in [5, 5.41) is 11.7. The molecular formula is C14H15N3O4. The quantitative estimate of drug-likeness (QED) is 0.870. The number of imidazole rings is 1. The molecule has 0 unspecified atom stereocenters. The van der Waals surface area contributed by atoms with E-state index in [4.69, 9.17) is 9.84 Å². The van der Waals surface area contributed by atoms with Gasteiger partial charge in [-0.3, -0.25) is 4.79 Å². The van der Waals surface area contributed by atoms with Crippen molar-refractivity contribution in [2.24, 2.45) is 0 Å². The highest BCUT2D eigenvalue weighted by Gasteiger charge is 2.15. The molecule has 7 nitrogen and oxygen atoms in total. The van der Waals surface area contributed by atoms with Gasteiger partial charge < -0.3 is 19.7 Å². The number of rotatable bonds is 5. The van der Waals surface area contributed by atoms with E-state index < -0.39 is 5.97 Å². The van der Waals surface area contributed by atoms with Crippen LogP contribution in [0, 0.1) is 6.92 Å². The van der Waals surface area contributed by atoms with Crippen LogP contribution < -0.4 is 10.1 Å². The number of ether oxygens (including phenoxy) is 1. The van der Waals surface area contributed by atoms with Gasteiger partial charge in [0.15, 0.2) is 0 Å². The number of carbonyl (C=O) groups is 2. The molecule has 0 bridgehead atoms. The second-order valence-electron chi connectivity index (χ2n) is 4.36. The molecule has 1 heterocycles. The molecule has 7 heteroatoms. The van der Waals surface area contributed by atoms with Crippen LogP contribution in [0.5, 0.6) is 5.75 Å². The molecule has 2 rings (SSSR count). The molecule has 0 saturated carbocycles. The second-order valence-corrected chi connectivity index (χ2v) is 4.36. The van der Waals surface area contributed by atoms with Gasteiger partial charge in [0, 0.05) is 11.8 Å². The Balaban J connectivity index is 2.11. The monoisotopic (exact) mass is 289 g/mol. The van der Waals surface area contributed by atoms with E-state index in [2.05, 4.69) is 10.3 Å². The molecule has 1 aromatic carbocycles. The van der Waals surface area contributed by atoms with Crippen LogP contribution >= 0.6 is 0 Å². The first-order valence-corrected chi connectivity index (χ1v) is 6.20. The molecule has 21 heavy (non-hydrogen) atoms. The largest absolute Gasteiger partial charge is 0.497 e. The summed E-state index contributed by atoms with van der Waals surface area (Å²) in [4.78, 5) is 27.0. The Morgan fingerprint density at radius 3 is 2.86 bits per heavy atom. The smallest absolute Gasteiger partial charge is 0.354 e. The zero-order valence-corrected chi connectivity index (χ0v) is 11.7. The molecule has 2 N–H and O–H groups in total. The number of hydrogen-bond acceptors (Lipinski definition) is 4. The Kier molecular flexibility index (Phi) is 4.22. The van der Waals surface area contributed by atoms with Crippen LogP contribution in [-0.4, -0.2) is 33.6 Å². The maximum absolute atomic E-state index is 12.0. The summed E-state index contributed by atoms with van der Waals surface area (Å²) in [6.45, 7) is 1.52. The predicted octanol–water partition coefficient (Wildman–Crippen LogP) is 1.54. The minimum atomic E-state index is -1.12. The van der Waals surface area contributed by atoms with Crippen molar-refractivity contribution in [2.75, 3.05) is 12.4 Å². The highest BCUT2D eigenvalue weighted by atomic mass is 16.5. The minimum absolute atomic E-state index is 0.0201. The average molecular weight is 289 g/mol. The van der Waals surface area contributed by atoms with Gasteiger partial charge in [-0.05, 0) is 19.1 Å². The Morgan fingerprint density at radius 1 is 1.43 bits per heavy atom. The first kappa shape index (κ1) is 14.6. The van der Waals surface area contributed by atoms with Crippen LogP contribution in [0.1, 0.15) is 16.3 Å². The molecule has 1 aromatic heterocycles. The number of nitrogens with zero attached hydrogens (tertiary/aromatic N) is 2. The maximum Gasteiger partial charge on any atom is 0.354 e. The summed E-state index contributed by atoms with van der Waals surface area (Å²) < 4.78 is 6.41. The molecule has 0 radical (unpaired) electrons. The van der Waals surface area contributed by atoms with Crippen LogP contribution in [0.2, 0.25) is 0 Å². The summed E-state index contributed by atoms with van der Waals surface area (Å²) in [6.07, 6.45) is 1.23. The molecule has 0 aliphatic rings. The first-order chi connectivity index (χ1) is 10.0. The van der Waals surface area contributed by atoms with E-state index in [1.807, 2.05) is 0 Å². The van der Waals surface area contributed by atoms with E-state index in [1.54, 1.807) is 31.2 Å². The van der Waals surface area contributed by atoms with E-state index in [0.717, 1.165) is 0 Å². The fraction of sp³-hybridized carbons (Fsp3) is 0.214. The van der Waals surface area contributed by atoms with Gasteiger partial charge >= 0.3 is 5.97 Å². The van der Waals surface area contributed by atoms with Crippen LogP contribution in [0.4, 0.5) is 5.69 Å². The van der Waals surface area contributed by atoms with E-state index in [0.29, 0.717) is 17.3 Å². The van der Waals surface area contributed by atoms with Crippen molar-refractivity contribution in [3.05, 3.63) is 42.0 Å². The second kappa shape index (κ2) is 6.08. The standard InChI is InChI=1S/C14H15N3O4/c1-9-15-7-12(14(19)20)17(9)8-13(18)16-10-4-3-5-11(6-10)21-2/h3-7H,8H2,1-2H3,(H,16,18)(H,19,20). The molecule has 0 aliphatic heterocycles. The van der Waals surface area contributed by atoms with Gasteiger partial charge in [0.25, 0.3) is 0 Å². The molecule has 0 fully saturated rings. The topological polar surface area (TPSA) is 93.5 Å². The number of hydrogen-bond donors (Lipinski definition) is 2. The van der Waals surface area contributed by atoms with Crippen molar-refractivity contribution in [1.29, 1.82) is 0 Å². The number of nitrogens with one attached hydrogen (secondary N) is 1. The number of anilines is 1. The average Bonchev–Trinajstić information content (AvgIpc) is 2.80. The van der Waals surface area contributed by atoms with E-state index in [-0.39, 0.29) is 18.1 Å². The Labute approximate surface area is 121 Å². The zero-order valence-electron chi connectivity index (χ0n) is 11.7. The fourth-order valence-corrected chi connectivity index (χ4v) is 1.88. The maximum atomic E-state index is 12.0. The summed E-state index contributed by atoms with van der Waals surface area (Å²) in [5.41, 5.74) is 0.558. The Morgan fingerprint density at radius 2 is 2.19 bits per heavy atom. The molecule has 1 amide bonds. The number of aromatic carboxylic acids is 1. The highest BCUT2D eigenvalue weighted by molar-refractivity contribution is 5.92. The molecular weight excluding hydrogens is 274 g/mol. The van der Waals surface area contributed by atoms with Crippen LogP contribution in [-0.2, 0) is 11.3 Å². The number of methoxy groups -OCH3 is 1. The Hall–Kier alpha value is -2.83. The summed E-state index contributed by atoms with van der Waals surface area (Å²) in [5.74, 6) is -0.373. The van der Waals surface area contributed by atoms with Crippen molar-refractivity contribution in [1.82, 2.24) is 9.55 Å². The van der Waals surface area contributed by atoms with Crippen molar-refractivity contribution in [3.63, 3.8) is 0 Å². The summed E-state index contributed by atoms with van der Waals surface area (Å²) >= 11 is 0. The number of aromatic nitrogens is 2. The lowest BCUT2D eigenvalue weighted by molar-refractivity contribution is -0.116. The Bertz CT molecular complexity index is 679. The molecule has 0 spiro atoms. The number of carbonyl (C=O) groups excluding carboxylic acids is 1. The van der Waals surface area contributed by atoms with Gasteiger partial charge in [0.2, 0.25) is 5.91 Å². The lowest BCUT2D eigenvalue weighted by Gasteiger charge is -2.09. The van der Waals surface area contributed by atoms with Crippen LogP contribution in [0.15, 0.2) is 30.5 Å². The van der Waals surface area contributed by atoms with Crippen molar-refractivity contribution < 1.29 is 19.4 Å². The third-order valence-corrected chi connectivity index (χ3v) is 2.93. The third-order valence-electron chi connectivity index (χ3n) is 2.93. The van der Waals surface area contributed by atoms with Crippen LogP contribution in [0.3, 0.4) is 0 Å². The molecule has 0 saturated heterocycles. The number of carboxylic acid groups (broad SMARTS) is 1. The fourth-order valence-electron chi connectivity index (χ4n) is 1.88. The van der Waals surface area contributed by atoms with Crippen LogP contribution in [0.25, 0.3) is 0 Å². The van der Waals surface area contributed by atoms with Gasteiger partial charge in [0.05, 0.1) is 13.3 Å². The molecule has 2 aromatic rings.